The largest absolute Gasteiger partial charge is 0.461 e. The van der Waals surface area contributed by atoms with Crippen molar-refractivity contribution < 1.29 is 19.0 Å². The van der Waals surface area contributed by atoms with E-state index < -0.39 is 0 Å². The Morgan fingerprint density at radius 3 is 2.95 bits per heavy atom. The minimum absolute atomic E-state index is 0.0660. The fourth-order valence-corrected chi connectivity index (χ4v) is 4.83. The van der Waals surface area contributed by atoms with E-state index in [-0.39, 0.29) is 29.1 Å². The molecule has 3 fully saturated rings. The minimum atomic E-state index is -0.358. The molecule has 0 spiro atoms. The fraction of sp³-hybridized carbons (Fsp3) is 0.588. The molecule has 2 aliphatic heterocycles. The third kappa shape index (κ3) is 2.03. The van der Waals surface area contributed by atoms with E-state index in [0.717, 1.165) is 18.6 Å². The number of ether oxygens (including phenoxy) is 3. The van der Waals surface area contributed by atoms with Gasteiger partial charge in [0, 0.05) is 11.3 Å². The predicted molar refractivity (Wildman–Crippen MR) is 83.0 cm³/mol. The molecule has 0 amide bonds. The molecule has 2 heterocycles. The molecule has 5 heteroatoms. The number of rotatable bonds is 4. The van der Waals surface area contributed by atoms with Crippen molar-refractivity contribution in [2.24, 2.45) is 11.3 Å². The van der Waals surface area contributed by atoms with Gasteiger partial charge in [-0.05, 0) is 12.0 Å². The van der Waals surface area contributed by atoms with Gasteiger partial charge in [0.05, 0.1) is 30.7 Å². The lowest BCUT2D eigenvalue weighted by Gasteiger charge is -2.54. The van der Waals surface area contributed by atoms with Crippen LogP contribution in [0.5, 0.6) is 0 Å². The summed E-state index contributed by atoms with van der Waals surface area (Å²) in [5.41, 5.74) is 0.827. The summed E-state index contributed by atoms with van der Waals surface area (Å²) in [4.78, 5) is 12.3. The average molecular weight is 300 g/mol. The van der Waals surface area contributed by atoms with Crippen LogP contribution < -0.4 is 0 Å². The maximum atomic E-state index is 12.3. The lowest BCUT2D eigenvalue weighted by molar-refractivity contribution is -0.185. The van der Waals surface area contributed by atoms with E-state index >= 15 is 0 Å². The third-order valence-corrected chi connectivity index (χ3v) is 5.52. The van der Waals surface area contributed by atoms with E-state index in [1.807, 2.05) is 38.2 Å². The highest BCUT2D eigenvalue weighted by Gasteiger charge is 2.73. The van der Waals surface area contributed by atoms with Gasteiger partial charge in [0.25, 0.3) is 0 Å². The predicted octanol–water partition coefficient (Wildman–Crippen LogP) is 1.27. The maximum absolute atomic E-state index is 12.3. The summed E-state index contributed by atoms with van der Waals surface area (Å²) in [6.07, 6.45) is 1.37. The number of carbonyl (C=O) groups excluding carboxylic acids is 1. The van der Waals surface area contributed by atoms with Crippen molar-refractivity contribution in [3.8, 4) is 0 Å². The van der Waals surface area contributed by atoms with Crippen molar-refractivity contribution in [2.75, 3.05) is 6.61 Å². The van der Waals surface area contributed by atoms with Crippen LogP contribution in [0.25, 0.3) is 0 Å². The van der Waals surface area contributed by atoms with Crippen LogP contribution in [0.15, 0.2) is 30.3 Å². The highest BCUT2D eigenvalue weighted by atomic mass is 16.6. The van der Waals surface area contributed by atoms with Crippen molar-refractivity contribution >= 4 is 13.8 Å². The molecule has 5 atom stereocenters. The summed E-state index contributed by atoms with van der Waals surface area (Å²) in [6.45, 7) is 3.36. The molecule has 4 rings (SSSR count). The highest BCUT2D eigenvalue weighted by molar-refractivity contribution is 6.11. The molecular formula is C17H21BO4. The van der Waals surface area contributed by atoms with E-state index in [0.29, 0.717) is 18.9 Å². The van der Waals surface area contributed by atoms with Crippen molar-refractivity contribution in [3.63, 3.8) is 0 Å². The normalized spacial score (nSPS) is 41.8. The molecule has 0 bridgehead atoms. The van der Waals surface area contributed by atoms with Crippen LogP contribution in [0, 0.1) is 11.3 Å². The van der Waals surface area contributed by atoms with Crippen LogP contribution in [0.4, 0.5) is 0 Å². The first-order chi connectivity index (χ1) is 10.5. The molecule has 4 nitrogen and oxygen atoms in total. The van der Waals surface area contributed by atoms with Crippen LogP contribution in [0.3, 0.4) is 0 Å². The third-order valence-electron chi connectivity index (χ3n) is 5.52. The second-order valence-electron chi connectivity index (χ2n) is 7.29. The Hall–Kier alpha value is -1.33. The zero-order valence-corrected chi connectivity index (χ0v) is 13.1. The van der Waals surface area contributed by atoms with Gasteiger partial charge in [-0.1, -0.05) is 37.3 Å². The second-order valence-corrected chi connectivity index (χ2v) is 7.29. The van der Waals surface area contributed by atoms with Gasteiger partial charge in [-0.3, -0.25) is 4.79 Å². The van der Waals surface area contributed by atoms with E-state index in [2.05, 4.69) is 6.92 Å². The minimum Gasteiger partial charge on any atom is -0.461 e. The van der Waals surface area contributed by atoms with Crippen molar-refractivity contribution in [3.05, 3.63) is 35.9 Å². The molecule has 2 saturated heterocycles. The quantitative estimate of drug-likeness (QED) is 0.620. The summed E-state index contributed by atoms with van der Waals surface area (Å²) in [6, 6.07) is 9.83. The number of hydrogen-bond donors (Lipinski definition) is 0. The van der Waals surface area contributed by atoms with Crippen LogP contribution in [-0.2, 0) is 25.6 Å². The van der Waals surface area contributed by atoms with E-state index in [1.165, 1.54) is 0 Å². The number of esters is 1. The smallest absolute Gasteiger partial charge is 0.309 e. The molecule has 3 aliphatic rings. The second kappa shape index (κ2) is 4.83. The van der Waals surface area contributed by atoms with Crippen LogP contribution >= 0.6 is 0 Å². The van der Waals surface area contributed by atoms with E-state index in [9.17, 15) is 4.79 Å². The van der Waals surface area contributed by atoms with E-state index in [4.69, 9.17) is 14.2 Å². The Balaban J connectivity index is 1.40. The standard InChI is InChI=1S/C17H21BO4/c1-16-9-17(14(16)13(21-10-16)15(18)22-17)7-12(19)20-8-11-5-3-2-4-6-11/h2-6,13-15H,7-10,18H2,1H3/t13?,14?,15-,16?,17+/m1/s1. The SMILES string of the molecule is B[C@@H]1O[C@@]2(CC(=O)OCc3ccccc3)CC3(C)COC1C32. The number of hydrogen-bond acceptors (Lipinski definition) is 4. The zero-order valence-electron chi connectivity index (χ0n) is 13.1. The molecule has 0 radical (unpaired) electrons. The van der Waals surface area contributed by atoms with Gasteiger partial charge in [-0.25, -0.2) is 0 Å². The highest BCUT2D eigenvalue weighted by Crippen LogP contribution is 2.66. The molecule has 0 aromatic heterocycles. The first kappa shape index (κ1) is 14.3. The molecule has 22 heavy (non-hydrogen) atoms. The van der Waals surface area contributed by atoms with Crippen LogP contribution in [0.2, 0.25) is 0 Å². The van der Waals surface area contributed by atoms with Gasteiger partial charge in [0.1, 0.15) is 14.5 Å². The molecular weight excluding hydrogens is 279 g/mol. The van der Waals surface area contributed by atoms with Gasteiger partial charge in [-0.2, -0.15) is 0 Å². The van der Waals surface area contributed by atoms with Gasteiger partial charge in [-0.15, -0.1) is 0 Å². The van der Waals surface area contributed by atoms with E-state index in [1.54, 1.807) is 0 Å². The summed E-state index contributed by atoms with van der Waals surface area (Å²) in [5.74, 6) is 0.157. The van der Waals surface area contributed by atoms with Gasteiger partial charge in [0.15, 0.2) is 0 Å². The Morgan fingerprint density at radius 2 is 2.18 bits per heavy atom. The fourth-order valence-electron chi connectivity index (χ4n) is 4.83. The first-order valence-corrected chi connectivity index (χ1v) is 8.01. The lowest BCUT2D eigenvalue weighted by atomic mass is 9.51. The van der Waals surface area contributed by atoms with Crippen LogP contribution in [-0.4, -0.2) is 38.1 Å². The van der Waals surface area contributed by atoms with Gasteiger partial charge >= 0.3 is 5.97 Å². The molecule has 116 valence electrons. The monoisotopic (exact) mass is 300 g/mol. The summed E-state index contributed by atoms with van der Waals surface area (Å²) < 4.78 is 17.5. The molecule has 1 aliphatic carbocycles. The van der Waals surface area contributed by atoms with Crippen LogP contribution in [0.1, 0.15) is 25.3 Å². The molecule has 1 aromatic rings. The Morgan fingerprint density at radius 1 is 1.41 bits per heavy atom. The van der Waals surface area contributed by atoms with Gasteiger partial charge in [0.2, 0.25) is 0 Å². The Kier molecular flexibility index (Phi) is 3.14. The maximum Gasteiger partial charge on any atom is 0.309 e. The molecule has 1 saturated carbocycles. The average Bonchev–Trinajstić information content (AvgIpc) is 2.90. The van der Waals surface area contributed by atoms with Crippen molar-refractivity contribution in [1.29, 1.82) is 0 Å². The summed E-state index contributed by atoms with van der Waals surface area (Å²) in [7, 11) is 2.05. The lowest BCUT2D eigenvalue weighted by Crippen LogP contribution is -2.59. The summed E-state index contributed by atoms with van der Waals surface area (Å²) in [5, 5.41) is 0. The van der Waals surface area contributed by atoms with Crippen molar-refractivity contribution in [1.82, 2.24) is 0 Å². The molecule has 1 aromatic carbocycles. The first-order valence-electron chi connectivity index (χ1n) is 8.01. The number of benzene rings is 1. The van der Waals surface area contributed by atoms with Gasteiger partial charge < -0.3 is 14.2 Å². The Labute approximate surface area is 131 Å². The molecule has 0 N–H and O–H groups in total. The zero-order chi connectivity index (χ0) is 15.4. The summed E-state index contributed by atoms with van der Waals surface area (Å²) >= 11 is 0. The van der Waals surface area contributed by atoms with Crippen molar-refractivity contribution in [2.45, 2.75) is 44.1 Å². The number of carbonyl (C=O) groups is 1. The Bertz CT molecular complexity index is 592. The molecule has 3 unspecified atom stereocenters. The topological polar surface area (TPSA) is 44.8 Å².